The first-order valence-electron chi connectivity index (χ1n) is 7.26. The number of amides is 2. The molecule has 1 fully saturated rings. The van der Waals surface area contributed by atoms with E-state index in [-0.39, 0.29) is 24.9 Å². The summed E-state index contributed by atoms with van der Waals surface area (Å²) in [6, 6.07) is -0.548. The van der Waals surface area contributed by atoms with Crippen LogP contribution in [0, 0.1) is 0 Å². The van der Waals surface area contributed by atoms with Crippen LogP contribution in [-0.4, -0.2) is 64.2 Å². The lowest BCUT2D eigenvalue weighted by Gasteiger charge is -2.22. The summed E-state index contributed by atoms with van der Waals surface area (Å²) in [4.78, 5) is 36.7. The summed E-state index contributed by atoms with van der Waals surface area (Å²) >= 11 is 0. The maximum absolute atomic E-state index is 12.3. The average molecular weight is 325 g/mol. The highest BCUT2D eigenvalue weighted by Crippen LogP contribution is 2.19. The van der Waals surface area contributed by atoms with Crippen molar-refractivity contribution in [3.8, 4) is 0 Å². The van der Waals surface area contributed by atoms with Gasteiger partial charge in [-0.1, -0.05) is 5.21 Å². The zero-order valence-electron chi connectivity index (χ0n) is 13.0. The van der Waals surface area contributed by atoms with Crippen molar-refractivity contribution in [2.75, 3.05) is 25.6 Å². The van der Waals surface area contributed by atoms with Crippen molar-refractivity contribution in [1.29, 1.82) is 0 Å². The van der Waals surface area contributed by atoms with Crippen LogP contribution in [0.15, 0.2) is 6.20 Å². The van der Waals surface area contributed by atoms with Crippen LogP contribution in [0.4, 0.5) is 10.6 Å². The molecule has 2 heterocycles. The van der Waals surface area contributed by atoms with Crippen LogP contribution in [0.25, 0.3) is 0 Å². The van der Waals surface area contributed by atoms with Gasteiger partial charge in [-0.05, 0) is 19.8 Å². The van der Waals surface area contributed by atoms with Gasteiger partial charge in [-0.3, -0.25) is 10.1 Å². The molecule has 0 spiro atoms. The van der Waals surface area contributed by atoms with Gasteiger partial charge < -0.3 is 14.4 Å². The van der Waals surface area contributed by atoms with E-state index >= 15 is 0 Å². The van der Waals surface area contributed by atoms with E-state index in [2.05, 4.69) is 15.6 Å². The molecule has 1 aliphatic heterocycles. The van der Waals surface area contributed by atoms with Crippen LogP contribution in [0.2, 0.25) is 0 Å². The Balaban J connectivity index is 1.94. The summed E-state index contributed by atoms with van der Waals surface area (Å²) in [7, 11) is 1.30. The Bertz CT molecular complexity index is 587. The predicted octanol–water partition coefficient (Wildman–Crippen LogP) is 0.0105. The van der Waals surface area contributed by atoms with Crippen molar-refractivity contribution >= 4 is 23.8 Å². The van der Waals surface area contributed by atoms with Crippen molar-refractivity contribution in [3.63, 3.8) is 0 Å². The lowest BCUT2D eigenvalue weighted by atomic mass is 10.2. The van der Waals surface area contributed by atoms with E-state index in [9.17, 15) is 14.4 Å². The van der Waals surface area contributed by atoms with E-state index < -0.39 is 18.1 Å². The first-order valence-corrected chi connectivity index (χ1v) is 7.26. The van der Waals surface area contributed by atoms with Gasteiger partial charge >= 0.3 is 12.1 Å². The number of hydrogen-bond acceptors (Lipinski definition) is 7. The second kappa shape index (κ2) is 7.56. The van der Waals surface area contributed by atoms with Gasteiger partial charge in [0.25, 0.3) is 0 Å². The lowest BCUT2D eigenvalue weighted by Crippen LogP contribution is -2.42. The number of aromatic nitrogens is 3. The number of esters is 1. The van der Waals surface area contributed by atoms with E-state index in [0.29, 0.717) is 13.0 Å². The van der Waals surface area contributed by atoms with Crippen LogP contribution in [0.5, 0.6) is 0 Å². The molecule has 0 aromatic carbocycles. The molecule has 23 heavy (non-hydrogen) atoms. The minimum Gasteiger partial charge on any atom is -0.467 e. The highest BCUT2D eigenvalue weighted by Gasteiger charge is 2.34. The van der Waals surface area contributed by atoms with Gasteiger partial charge in [0.15, 0.2) is 5.82 Å². The number of anilines is 1. The maximum atomic E-state index is 12.3. The number of carbonyl (C=O) groups excluding carboxylic acids is 3. The predicted molar refractivity (Wildman–Crippen MR) is 77.4 cm³/mol. The summed E-state index contributed by atoms with van der Waals surface area (Å²) in [5, 5.41) is 9.88. The van der Waals surface area contributed by atoms with Crippen LogP contribution >= 0.6 is 0 Å². The van der Waals surface area contributed by atoms with Crippen LogP contribution < -0.4 is 5.32 Å². The number of carbonyl (C=O) groups is 3. The van der Waals surface area contributed by atoms with Crippen molar-refractivity contribution in [1.82, 2.24) is 19.9 Å². The van der Waals surface area contributed by atoms with Crippen molar-refractivity contribution in [3.05, 3.63) is 6.20 Å². The second-order valence-corrected chi connectivity index (χ2v) is 4.92. The zero-order valence-corrected chi connectivity index (χ0v) is 13.0. The average Bonchev–Trinajstić information content (AvgIpc) is 3.16. The molecule has 0 aliphatic carbocycles. The number of nitrogens with zero attached hydrogens (tertiary/aromatic N) is 4. The molecule has 1 aromatic heterocycles. The number of nitrogens with one attached hydrogen (secondary N) is 1. The van der Waals surface area contributed by atoms with Crippen molar-refractivity contribution in [2.24, 2.45) is 0 Å². The summed E-state index contributed by atoms with van der Waals surface area (Å²) in [5.74, 6) is -0.494. The van der Waals surface area contributed by atoms with Gasteiger partial charge in [0.2, 0.25) is 5.91 Å². The summed E-state index contributed by atoms with van der Waals surface area (Å²) < 4.78 is 10.7. The molecule has 1 N–H and O–H groups in total. The Labute approximate surface area is 132 Å². The Kier molecular flexibility index (Phi) is 5.50. The molecule has 1 aromatic rings. The molecule has 1 unspecified atom stereocenters. The molecule has 1 saturated heterocycles. The Hall–Kier alpha value is -2.65. The number of methoxy groups -OCH3 is 1. The van der Waals surface area contributed by atoms with Crippen molar-refractivity contribution < 1.29 is 23.9 Å². The van der Waals surface area contributed by atoms with Gasteiger partial charge in [0.05, 0.1) is 19.9 Å². The zero-order chi connectivity index (χ0) is 16.8. The summed E-state index contributed by atoms with van der Waals surface area (Å²) in [6.45, 7) is 2.34. The molecule has 1 aliphatic rings. The van der Waals surface area contributed by atoms with Gasteiger partial charge in [0.1, 0.15) is 12.6 Å². The van der Waals surface area contributed by atoms with E-state index in [1.165, 1.54) is 22.9 Å². The topological polar surface area (TPSA) is 116 Å². The molecule has 1 atom stereocenters. The fourth-order valence-electron chi connectivity index (χ4n) is 2.38. The number of likely N-dealkylation sites (tertiary alicyclic amines) is 1. The monoisotopic (exact) mass is 325 g/mol. The molecule has 0 radical (unpaired) electrons. The normalized spacial score (nSPS) is 17.0. The van der Waals surface area contributed by atoms with Gasteiger partial charge in [-0.25, -0.2) is 14.3 Å². The second-order valence-electron chi connectivity index (χ2n) is 4.92. The lowest BCUT2D eigenvalue weighted by molar-refractivity contribution is -0.151. The Morgan fingerprint density at radius 1 is 1.43 bits per heavy atom. The molecular weight excluding hydrogens is 306 g/mol. The van der Waals surface area contributed by atoms with Gasteiger partial charge in [-0.2, -0.15) is 0 Å². The van der Waals surface area contributed by atoms with E-state index in [0.717, 1.165) is 6.42 Å². The fourth-order valence-corrected chi connectivity index (χ4v) is 2.38. The third-order valence-corrected chi connectivity index (χ3v) is 3.39. The number of rotatable bonds is 5. The standard InChI is InChI=1S/C13H19N5O5/c1-3-23-13(21)14-10-7-17(16-15-10)8-11(19)18-6-4-5-9(18)12(20)22-2/h7,9H,3-6,8H2,1-2H3,(H,14,21). The van der Waals surface area contributed by atoms with Crippen LogP contribution in [0.1, 0.15) is 19.8 Å². The van der Waals surface area contributed by atoms with E-state index in [1.54, 1.807) is 6.92 Å². The van der Waals surface area contributed by atoms with Gasteiger partial charge in [0, 0.05) is 6.54 Å². The first-order chi connectivity index (χ1) is 11.0. The Morgan fingerprint density at radius 2 is 2.22 bits per heavy atom. The largest absolute Gasteiger partial charge is 0.467 e. The minimum absolute atomic E-state index is 0.0784. The highest BCUT2D eigenvalue weighted by molar-refractivity contribution is 5.85. The van der Waals surface area contributed by atoms with Gasteiger partial charge in [-0.15, -0.1) is 5.10 Å². The van der Waals surface area contributed by atoms with Crippen LogP contribution in [0.3, 0.4) is 0 Å². The van der Waals surface area contributed by atoms with E-state index in [1.807, 2.05) is 0 Å². The summed E-state index contributed by atoms with van der Waals surface area (Å²) in [6.07, 6.45) is 2.11. The molecule has 0 bridgehead atoms. The Morgan fingerprint density at radius 3 is 2.91 bits per heavy atom. The fraction of sp³-hybridized carbons (Fsp3) is 0.615. The molecule has 2 amide bonds. The molecule has 10 nitrogen and oxygen atoms in total. The molecule has 0 saturated carbocycles. The smallest absolute Gasteiger partial charge is 0.412 e. The number of hydrogen-bond donors (Lipinski definition) is 1. The first kappa shape index (κ1) is 16.7. The van der Waals surface area contributed by atoms with E-state index in [4.69, 9.17) is 9.47 Å². The third-order valence-electron chi connectivity index (χ3n) is 3.39. The third kappa shape index (κ3) is 4.18. The summed E-state index contributed by atoms with van der Waals surface area (Å²) in [5.41, 5.74) is 0. The molecule has 126 valence electrons. The maximum Gasteiger partial charge on any atom is 0.412 e. The van der Waals surface area contributed by atoms with Crippen molar-refractivity contribution in [2.45, 2.75) is 32.4 Å². The quantitative estimate of drug-likeness (QED) is 0.758. The van der Waals surface area contributed by atoms with Crippen LogP contribution in [-0.2, 0) is 25.6 Å². The minimum atomic E-state index is -0.642. The molecule has 2 rings (SSSR count). The molecular formula is C13H19N5O5. The highest BCUT2D eigenvalue weighted by atomic mass is 16.5. The molecule has 10 heteroatoms. The number of ether oxygens (including phenoxy) is 2. The SMILES string of the molecule is CCOC(=O)Nc1cn(CC(=O)N2CCCC2C(=O)OC)nn1.